The first kappa shape index (κ1) is 24.9. The Balaban J connectivity index is 3.06. The second-order valence-corrected chi connectivity index (χ2v) is 17.1. The number of aryl methyl sites for hydroxylation is 1. The van der Waals surface area contributed by atoms with Gasteiger partial charge in [0, 0.05) is 41.8 Å². The average Bonchev–Trinajstić information content (AvgIpc) is 2.47. The van der Waals surface area contributed by atoms with E-state index in [9.17, 15) is 9.35 Å². The van der Waals surface area contributed by atoms with Crippen LogP contribution in [0.2, 0.25) is 18.1 Å². The molecule has 0 bridgehead atoms. The molecule has 1 rings (SSSR count). The highest BCUT2D eigenvalue weighted by molar-refractivity contribution is 9.10. The molecule has 8 heteroatoms. The fourth-order valence-electron chi connectivity index (χ4n) is 2.11. The fraction of sp³-hybridized carbons (Fsp3) is 0.737. The van der Waals surface area contributed by atoms with Crippen molar-refractivity contribution in [3.63, 3.8) is 0 Å². The fourth-order valence-corrected chi connectivity index (χ4v) is 4.73. The third-order valence-corrected chi connectivity index (χ3v) is 11.9. The zero-order valence-corrected chi connectivity index (χ0v) is 21.5. The number of pyridine rings is 1. The summed E-state index contributed by atoms with van der Waals surface area (Å²) in [5.41, 5.74) is 0.724. The molecule has 1 heterocycles. The van der Waals surface area contributed by atoms with Gasteiger partial charge in [-0.15, -0.1) is 4.72 Å². The standard InChI is InChI=1S/C19H35BrN2O3SSi/c1-18(2,3)26(24)21-16(10-11-25-27(8,9)19(4,5)6)14-12-17(23)22(7)13-15(14)20/h12-13,16,21H,10-11H2,1-9H3/t16-,26?/m0/s1. The Bertz CT molecular complexity index is 696. The summed E-state index contributed by atoms with van der Waals surface area (Å²) < 4.78 is 24.2. The second kappa shape index (κ2) is 9.13. The Morgan fingerprint density at radius 1 is 1.30 bits per heavy atom. The Morgan fingerprint density at radius 2 is 1.85 bits per heavy atom. The minimum Gasteiger partial charge on any atom is -0.598 e. The van der Waals surface area contributed by atoms with Crippen LogP contribution in [0.4, 0.5) is 0 Å². The largest absolute Gasteiger partial charge is 0.598 e. The van der Waals surface area contributed by atoms with Crippen molar-refractivity contribution >= 4 is 35.6 Å². The van der Waals surface area contributed by atoms with Crippen molar-refractivity contribution < 1.29 is 8.98 Å². The molecule has 0 saturated carbocycles. The number of nitrogens with one attached hydrogen (secondary N) is 1. The predicted molar refractivity (Wildman–Crippen MR) is 121 cm³/mol. The van der Waals surface area contributed by atoms with Crippen molar-refractivity contribution in [3.8, 4) is 0 Å². The number of hydrogen-bond acceptors (Lipinski definition) is 4. The first-order valence-corrected chi connectivity index (χ1v) is 14.1. The van der Waals surface area contributed by atoms with Gasteiger partial charge in [-0.3, -0.25) is 4.79 Å². The van der Waals surface area contributed by atoms with Gasteiger partial charge in [0.05, 0.1) is 6.04 Å². The zero-order chi connectivity index (χ0) is 21.2. The van der Waals surface area contributed by atoms with Crippen LogP contribution in [0.5, 0.6) is 0 Å². The Morgan fingerprint density at radius 3 is 2.33 bits per heavy atom. The molecule has 1 aromatic heterocycles. The number of rotatable bonds is 7. The molecule has 0 aliphatic heterocycles. The van der Waals surface area contributed by atoms with Gasteiger partial charge in [-0.05, 0) is 66.8 Å². The van der Waals surface area contributed by atoms with Crippen LogP contribution >= 0.6 is 15.9 Å². The summed E-state index contributed by atoms with van der Waals surface area (Å²) >= 11 is 2.30. The average molecular weight is 480 g/mol. The van der Waals surface area contributed by atoms with E-state index in [1.165, 1.54) is 4.57 Å². The Hall–Kier alpha value is -0.123. The van der Waals surface area contributed by atoms with Crippen molar-refractivity contribution in [1.82, 2.24) is 9.29 Å². The van der Waals surface area contributed by atoms with E-state index in [4.69, 9.17) is 4.43 Å². The normalized spacial score (nSPS) is 15.7. The maximum absolute atomic E-state index is 12.7. The second-order valence-electron chi connectivity index (χ2n) is 9.47. The quantitative estimate of drug-likeness (QED) is 0.457. The maximum atomic E-state index is 12.7. The highest BCUT2D eigenvalue weighted by atomic mass is 79.9. The van der Waals surface area contributed by atoms with Crippen LogP contribution in [-0.4, -0.2) is 28.8 Å². The molecule has 2 atom stereocenters. The van der Waals surface area contributed by atoms with Gasteiger partial charge < -0.3 is 13.5 Å². The lowest BCUT2D eigenvalue weighted by Crippen LogP contribution is -2.43. The van der Waals surface area contributed by atoms with Gasteiger partial charge >= 0.3 is 0 Å². The summed E-state index contributed by atoms with van der Waals surface area (Å²) in [5.74, 6) is 0. The minimum atomic E-state index is -1.86. The number of nitrogens with zero attached hydrogens (tertiary/aromatic N) is 1. The molecule has 1 unspecified atom stereocenters. The molecule has 0 radical (unpaired) electrons. The van der Waals surface area contributed by atoms with E-state index in [1.54, 1.807) is 19.3 Å². The summed E-state index contributed by atoms with van der Waals surface area (Å²) in [6.07, 6.45) is 2.39. The summed E-state index contributed by atoms with van der Waals surface area (Å²) in [6.45, 7) is 17.4. The molecule has 0 fully saturated rings. The van der Waals surface area contributed by atoms with Gasteiger partial charge in [-0.1, -0.05) is 20.8 Å². The lowest BCUT2D eigenvalue weighted by atomic mass is 10.1. The van der Waals surface area contributed by atoms with Crippen LogP contribution in [0.1, 0.15) is 59.6 Å². The van der Waals surface area contributed by atoms with Crippen molar-refractivity contribution in [3.05, 3.63) is 32.7 Å². The van der Waals surface area contributed by atoms with Crippen LogP contribution in [-0.2, 0) is 22.8 Å². The molecular formula is C19H35BrN2O3SSi. The molecule has 0 amide bonds. The van der Waals surface area contributed by atoms with Crippen molar-refractivity contribution in [1.29, 1.82) is 0 Å². The van der Waals surface area contributed by atoms with Gasteiger partial charge in [0.2, 0.25) is 0 Å². The maximum Gasteiger partial charge on any atom is 0.250 e. The monoisotopic (exact) mass is 478 g/mol. The topological polar surface area (TPSA) is 66.3 Å². The molecule has 0 spiro atoms. The SMILES string of the molecule is Cn1cc(Br)c([C@H](CCO[Si](C)(C)C(C)(C)C)N[S+]([O-])C(C)(C)C)cc1=O. The van der Waals surface area contributed by atoms with Gasteiger partial charge in [0.15, 0.2) is 8.32 Å². The summed E-state index contributed by atoms with van der Waals surface area (Å²) in [5, 5.41) is 0.132. The molecule has 0 aliphatic carbocycles. The van der Waals surface area contributed by atoms with Crippen LogP contribution in [0, 0.1) is 0 Å². The molecule has 27 heavy (non-hydrogen) atoms. The molecular weight excluding hydrogens is 444 g/mol. The van der Waals surface area contributed by atoms with Gasteiger partial charge in [-0.25, -0.2) is 0 Å². The van der Waals surface area contributed by atoms with E-state index in [2.05, 4.69) is 54.5 Å². The summed E-state index contributed by atoms with van der Waals surface area (Å²) in [6, 6.07) is 1.37. The van der Waals surface area contributed by atoms with E-state index in [0.717, 1.165) is 10.0 Å². The number of hydrogen-bond donors (Lipinski definition) is 1. The van der Waals surface area contributed by atoms with Gasteiger partial charge in [0.25, 0.3) is 5.56 Å². The van der Waals surface area contributed by atoms with Crippen molar-refractivity contribution in [2.24, 2.45) is 7.05 Å². The lowest BCUT2D eigenvalue weighted by molar-refractivity contribution is 0.268. The van der Waals surface area contributed by atoms with E-state index >= 15 is 0 Å². The molecule has 156 valence electrons. The summed E-state index contributed by atoms with van der Waals surface area (Å²) in [7, 11) is -0.148. The van der Waals surface area contributed by atoms with E-state index < -0.39 is 24.4 Å². The van der Waals surface area contributed by atoms with Crippen molar-refractivity contribution in [2.75, 3.05) is 6.61 Å². The Kier molecular flexibility index (Phi) is 8.43. The molecule has 0 saturated heterocycles. The third kappa shape index (κ3) is 7.01. The highest BCUT2D eigenvalue weighted by Gasteiger charge is 2.37. The molecule has 5 nitrogen and oxygen atoms in total. The first-order valence-electron chi connectivity index (χ1n) is 9.24. The van der Waals surface area contributed by atoms with E-state index in [1.807, 2.05) is 20.8 Å². The van der Waals surface area contributed by atoms with Crippen LogP contribution in [0.15, 0.2) is 21.5 Å². The van der Waals surface area contributed by atoms with Crippen LogP contribution in [0.3, 0.4) is 0 Å². The molecule has 0 aliphatic rings. The minimum absolute atomic E-state index is 0.0909. The molecule has 0 aromatic carbocycles. The van der Waals surface area contributed by atoms with E-state index in [0.29, 0.717) is 13.0 Å². The number of halogens is 1. The third-order valence-electron chi connectivity index (χ3n) is 5.07. The van der Waals surface area contributed by atoms with E-state index in [-0.39, 0.29) is 16.6 Å². The summed E-state index contributed by atoms with van der Waals surface area (Å²) in [4.78, 5) is 12.2. The molecule has 1 aromatic rings. The Labute approximate surface area is 176 Å². The zero-order valence-electron chi connectivity index (χ0n) is 18.1. The molecule has 1 N–H and O–H groups in total. The lowest BCUT2D eigenvalue weighted by Gasteiger charge is -2.36. The predicted octanol–water partition coefficient (Wildman–Crippen LogP) is 4.65. The smallest absolute Gasteiger partial charge is 0.250 e. The van der Waals surface area contributed by atoms with Crippen LogP contribution < -0.4 is 10.3 Å². The highest BCUT2D eigenvalue weighted by Crippen LogP contribution is 2.37. The van der Waals surface area contributed by atoms with Crippen molar-refractivity contribution in [2.45, 2.75) is 76.9 Å². The number of aromatic nitrogens is 1. The van der Waals surface area contributed by atoms with Gasteiger partial charge in [0.1, 0.15) is 4.75 Å². The van der Waals surface area contributed by atoms with Crippen LogP contribution in [0.25, 0.3) is 0 Å². The van der Waals surface area contributed by atoms with Gasteiger partial charge in [-0.2, -0.15) is 0 Å². The first-order chi connectivity index (χ1) is 12.1.